The highest BCUT2D eigenvalue weighted by Gasteiger charge is 2.22. The molecule has 6 heteroatoms. The number of nitrogens with two attached hydrogens (primary N) is 1. The molecule has 0 spiro atoms. The maximum Gasteiger partial charge on any atom is 0.407 e. The third-order valence-corrected chi connectivity index (χ3v) is 3.20. The van der Waals surface area contributed by atoms with Crippen molar-refractivity contribution in [1.29, 1.82) is 0 Å². The van der Waals surface area contributed by atoms with Gasteiger partial charge in [0.25, 0.3) is 0 Å². The Hall–Kier alpha value is -2.24. The number of carbonyl (C=O) groups is 2. The number of nitrogen functional groups attached to an aromatic ring is 1. The highest BCUT2D eigenvalue weighted by Crippen LogP contribution is 2.16. The van der Waals surface area contributed by atoms with Gasteiger partial charge in [0.15, 0.2) is 0 Å². The van der Waals surface area contributed by atoms with Gasteiger partial charge in [0.1, 0.15) is 5.60 Å². The summed E-state index contributed by atoms with van der Waals surface area (Å²) < 4.78 is 9.95. The van der Waals surface area contributed by atoms with Gasteiger partial charge in [0.2, 0.25) is 0 Å². The number of benzene rings is 1. The van der Waals surface area contributed by atoms with Gasteiger partial charge in [-0.05, 0) is 57.4 Å². The largest absolute Gasteiger partial charge is 0.469 e. The number of ether oxygens (including phenoxy) is 2. The fourth-order valence-electron chi connectivity index (χ4n) is 2.11. The summed E-state index contributed by atoms with van der Waals surface area (Å²) in [6.45, 7) is 7.30. The quantitative estimate of drug-likeness (QED) is 0.642. The van der Waals surface area contributed by atoms with Crippen molar-refractivity contribution in [1.82, 2.24) is 5.32 Å². The van der Waals surface area contributed by atoms with Gasteiger partial charge in [-0.2, -0.15) is 0 Å². The van der Waals surface area contributed by atoms with Crippen LogP contribution in [0.1, 0.15) is 38.3 Å². The molecule has 0 radical (unpaired) electrons. The molecule has 0 bridgehead atoms. The Morgan fingerprint density at radius 2 is 1.96 bits per heavy atom. The first-order chi connectivity index (χ1) is 10.6. The lowest BCUT2D eigenvalue weighted by Crippen LogP contribution is -2.41. The number of rotatable bonds is 5. The van der Waals surface area contributed by atoms with Gasteiger partial charge in [0, 0.05) is 11.7 Å². The molecule has 0 heterocycles. The maximum absolute atomic E-state index is 12.0. The molecule has 0 unspecified atom stereocenters. The summed E-state index contributed by atoms with van der Waals surface area (Å²) in [6, 6.07) is 5.14. The summed E-state index contributed by atoms with van der Waals surface area (Å²) in [7, 11) is 1.32. The molecule has 0 aliphatic carbocycles. The van der Waals surface area contributed by atoms with E-state index in [1.807, 2.05) is 25.1 Å². The van der Waals surface area contributed by atoms with E-state index in [4.69, 9.17) is 15.2 Å². The van der Waals surface area contributed by atoms with E-state index in [-0.39, 0.29) is 6.42 Å². The van der Waals surface area contributed by atoms with Crippen LogP contribution < -0.4 is 11.1 Å². The van der Waals surface area contributed by atoms with Crippen LogP contribution in [0.4, 0.5) is 10.5 Å². The molecule has 3 N–H and O–H groups in total. The van der Waals surface area contributed by atoms with Crippen LogP contribution >= 0.6 is 0 Å². The minimum atomic E-state index is -0.604. The minimum absolute atomic E-state index is 0.0595. The van der Waals surface area contributed by atoms with E-state index in [9.17, 15) is 9.59 Å². The van der Waals surface area contributed by atoms with Crippen LogP contribution in [0, 0.1) is 6.92 Å². The zero-order chi connectivity index (χ0) is 17.6. The fourth-order valence-corrected chi connectivity index (χ4v) is 2.11. The van der Waals surface area contributed by atoms with E-state index < -0.39 is 23.7 Å². The zero-order valence-corrected chi connectivity index (χ0v) is 14.4. The van der Waals surface area contributed by atoms with E-state index in [0.717, 1.165) is 11.1 Å². The van der Waals surface area contributed by atoms with Crippen molar-refractivity contribution in [2.75, 3.05) is 12.8 Å². The lowest BCUT2D eigenvalue weighted by atomic mass is 9.98. The van der Waals surface area contributed by atoms with Crippen molar-refractivity contribution < 1.29 is 19.1 Å². The zero-order valence-electron chi connectivity index (χ0n) is 14.4. The maximum atomic E-state index is 12.0. The number of alkyl carbamates (subject to hydrolysis) is 1. The average molecular weight is 322 g/mol. The second-order valence-corrected chi connectivity index (χ2v) is 6.51. The smallest absolute Gasteiger partial charge is 0.407 e. The van der Waals surface area contributed by atoms with Crippen LogP contribution in [0.5, 0.6) is 0 Å². The SMILES string of the molecule is COC(=O)C[C@H](Cc1cc(N)ccc1C)NC(=O)OC(C)(C)C. The topological polar surface area (TPSA) is 90.6 Å². The summed E-state index contributed by atoms with van der Waals surface area (Å²) in [5.74, 6) is -0.396. The minimum Gasteiger partial charge on any atom is -0.469 e. The van der Waals surface area contributed by atoms with Crippen LogP contribution in [0.2, 0.25) is 0 Å². The monoisotopic (exact) mass is 322 g/mol. The molecule has 23 heavy (non-hydrogen) atoms. The third kappa shape index (κ3) is 7.04. The Balaban J connectivity index is 2.85. The first kappa shape index (κ1) is 18.8. The number of amides is 1. The highest BCUT2D eigenvalue weighted by molar-refractivity contribution is 5.73. The van der Waals surface area contributed by atoms with Crippen molar-refractivity contribution >= 4 is 17.7 Å². The molecule has 0 saturated carbocycles. The molecule has 1 amide bonds. The van der Waals surface area contributed by atoms with Gasteiger partial charge >= 0.3 is 12.1 Å². The molecule has 1 aromatic rings. The van der Waals surface area contributed by atoms with Gasteiger partial charge in [-0.25, -0.2) is 4.79 Å². The number of hydrogen-bond donors (Lipinski definition) is 2. The molecule has 1 atom stereocenters. The highest BCUT2D eigenvalue weighted by atomic mass is 16.6. The Morgan fingerprint density at radius 1 is 1.30 bits per heavy atom. The number of anilines is 1. The number of hydrogen-bond acceptors (Lipinski definition) is 5. The Morgan fingerprint density at radius 3 is 2.52 bits per heavy atom. The lowest BCUT2D eigenvalue weighted by molar-refractivity contribution is -0.141. The van der Waals surface area contributed by atoms with Gasteiger partial charge in [-0.1, -0.05) is 6.07 Å². The summed E-state index contributed by atoms with van der Waals surface area (Å²) in [6.07, 6.45) is -0.0391. The molecule has 0 aromatic heterocycles. The molecule has 128 valence electrons. The number of carbonyl (C=O) groups excluding carboxylic acids is 2. The van der Waals surface area contributed by atoms with Crippen molar-refractivity contribution in [2.24, 2.45) is 0 Å². The second kappa shape index (κ2) is 7.85. The summed E-state index contributed by atoms with van der Waals surface area (Å²) in [5, 5.41) is 2.73. The predicted octanol–water partition coefficient (Wildman–Crippen LogP) is 2.58. The van der Waals surface area contributed by atoms with Gasteiger partial charge in [-0.15, -0.1) is 0 Å². The summed E-state index contributed by atoms with van der Waals surface area (Å²) in [5.41, 5.74) is 7.86. The van der Waals surface area contributed by atoms with Gasteiger partial charge < -0.3 is 20.5 Å². The number of methoxy groups -OCH3 is 1. The third-order valence-electron chi connectivity index (χ3n) is 3.20. The molecule has 0 aliphatic heterocycles. The molecular weight excluding hydrogens is 296 g/mol. The van der Waals surface area contributed by atoms with Crippen LogP contribution in [0.15, 0.2) is 18.2 Å². The molecule has 0 saturated heterocycles. The van der Waals surface area contributed by atoms with Crippen LogP contribution in [-0.2, 0) is 20.7 Å². The predicted molar refractivity (Wildman–Crippen MR) is 89.1 cm³/mol. The Kier molecular flexibility index (Phi) is 6.42. The van der Waals surface area contributed by atoms with Gasteiger partial charge in [-0.3, -0.25) is 4.79 Å². The lowest BCUT2D eigenvalue weighted by Gasteiger charge is -2.23. The molecule has 0 fully saturated rings. The number of aryl methyl sites for hydroxylation is 1. The van der Waals surface area contributed by atoms with Crippen molar-refractivity contribution in [3.05, 3.63) is 29.3 Å². The van der Waals surface area contributed by atoms with E-state index in [1.165, 1.54) is 7.11 Å². The van der Waals surface area contributed by atoms with Crippen LogP contribution in [0.25, 0.3) is 0 Å². The second-order valence-electron chi connectivity index (χ2n) is 6.51. The van der Waals surface area contributed by atoms with E-state index in [1.54, 1.807) is 20.8 Å². The van der Waals surface area contributed by atoms with Crippen molar-refractivity contribution in [3.63, 3.8) is 0 Å². The molecule has 6 nitrogen and oxygen atoms in total. The van der Waals surface area contributed by atoms with Crippen LogP contribution in [-0.4, -0.2) is 30.8 Å². The Bertz CT molecular complexity index is 564. The van der Waals surface area contributed by atoms with Crippen molar-refractivity contribution in [2.45, 2.75) is 52.2 Å². The first-order valence-electron chi connectivity index (χ1n) is 7.52. The molecule has 1 rings (SSSR count). The van der Waals surface area contributed by atoms with E-state index >= 15 is 0 Å². The standard InChI is InChI=1S/C17H26N2O4/c1-11-6-7-13(18)8-12(11)9-14(10-15(20)22-5)19-16(21)23-17(2,3)4/h6-8,14H,9-10,18H2,1-5H3,(H,19,21)/t14-/m0/s1. The normalized spacial score (nSPS) is 12.4. The van der Waals surface area contributed by atoms with E-state index in [2.05, 4.69) is 5.32 Å². The number of nitrogens with one attached hydrogen (secondary N) is 1. The van der Waals surface area contributed by atoms with E-state index in [0.29, 0.717) is 12.1 Å². The molecule has 1 aromatic carbocycles. The van der Waals surface area contributed by atoms with Crippen molar-refractivity contribution in [3.8, 4) is 0 Å². The summed E-state index contributed by atoms with van der Waals surface area (Å²) >= 11 is 0. The molecular formula is C17H26N2O4. The Labute approximate surface area is 137 Å². The molecule has 0 aliphatic rings. The van der Waals surface area contributed by atoms with Crippen LogP contribution in [0.3, 0.4) is 0 Å². The van der Waals surface area contributed by atoms with Gasteiger partial charge in [0.05, 0.1) is 13.5 Å². The average Bonchev–Trinajstić information content (AvgIpc) is 2.40. The first-order valence-corrected chi connectivity index (χ1v) is 7.52. The number of esters is 1. The fraction of sp³-hybridized carbons (Fsp3) is 0.529. The summed E-state index contributed by atoms with van der Waals surface area (Å²) in [4.78, 5) is 23.6.